The van der Waals surface area contributed by atoms with Crippen LogP contribution in [0.4, 0.5) is 0 Å². The van der Waals surface area contributed by atoms with E-state index in [9.17, 15) is 4.79 Å². The second kappa shape index (κ2) is 7.29. The Morgan fingerprint density at radius 1 is 1.25 bits per heavy atom. The van der Waals surface area contributed by atoms with E-state index in [0.717, 1.165) is 50.5 Å². The average Bonchev–Trinajstić information content (AvgIpc) is 2.53. The minimum Gasteiger partial charge on any atom is -0.497 e. The van der Waals surface area contributed by atoms with Crippen molar-refractivity contribution in [3.8, 4) is 5.75 Å². The van der Waals surface area contributed by atoms with E-state index in [1.165, 1.54) is 0 Å². The molecule has 0 unspecified atom stereocenters. The van der Waals surface area contributed by atoms with Crippen molar-refractivity contribution in [1.82, 2.24) is 9.80 Å². The summed E-state index contributed by atoms with van der Waals surface area (Å²) >= 11 is 0. The van der Waals surface area contributed by atoms with Crippen LogP contribution in [0.3, 0.4) is 0 Å². The van der Waals surface area contributed by atoms with Gasteiger partial charge in [-0.3, -0.25) is 4.79 Å². The van der Waals surface area contributed by atoms with Gasteiger partial charge in [0.15, 0.2) is 0 Å². The van der Waals surface area contributed by atoms with Crippen molar-refractivity contribution >= 4 is 5.91 Å². The maximum Gasteiger partial charge on any atom is 0.222 e. The first-order valence-electron chi connectivity index (χ1n) is 7.36. The van der Waals surface area contributed by atoms with Crippen LogP contribution in [0.15, 0.2) is 24.3 Å². The van der Waals surface area contributed by atoms with Gasteiger partial charge in [-0.2, -0.15) is 0 Å². The second-order valence-corrected chi connectivity index (χ2v) is 5.17. The Morgan fingerprint density at radius 3 is 2.65 bits per heavy atom. The number of carbonyl (C=O) groups is 1. The van der Waals surface area contributed by atoms with E-state index in [-0.39, 0.29) is 5.91 Å². The van der Waals surface area contributed by atoms with Crippen molar-refractivity contribution in [3.05, 3.63) is 29.8 Å². The fourth-order valence-electron chi connectivity index (χ4n) is 2.55. The zero-order valence-corrected chi connectivity index (χ0v) is 12.5. The van der Waals surface area contributed by atoms with E-state index in [4.69, 9.17) is 4.74 Å². The number of nitrogens with zero attached hydrogens (tertiary/aromatic N) is 2. The van der Waals surface area contributed by atoms with E-state index in [1.807, 2.05) is 29.2 Å². The number of ether oxygens (including phenoxy) is 1. The van der Waals surface area contributed by atoms with Crippen LogP contribution in [0.2, 0.25) is 0 Å². The summed E-state index contributed by atoms with van der Waals surface area (Å²) in [7, 11) is 1.66. The lowest BCUT2D eigenvalue weighted by atomic mass is 10.1. The van der Waals surface area contributed by atoms with Crippen LogP contribution in [-0.4, -0.2) is 55.5 Å². The molecule has 4 heteroatoms. The second-order valence-electron chi connectivity index (χ2n) is 5.17. The topological polar surface area (TPSA) is 32.8 Å². The maximum absolute atomic E-state index is 12.2. The van der Waals surface area contributed by atoms with Crippen LogP contribution in [0.5, 0.6) is 5.75 Å². The molecule has 1 aliphatic heterocycles. The Labute approximate surface area is 121 Å². The lowest BCUT2D eigenvalue weighted by Gasteiger charge is -2.34. The quantitative estimate of drug-likeness (QED) is 0.822. The third kappa shape index (κ3) is 3.97. The summed E-state index contributed by atoms with van der Waals surface area (Å²) in [6, 6.07) is 7.95. The molecule has 1 fully saturated rings. The molecule has 0 saturated carbocycles. The molecule has 1 aromatic rings. The van der Waals surface area contributed by atoms with Gasteiger partial charge in [0.25, 0.3) is 0 Å². The highest BCUT2D eigenvalue weighted by Crippen LogP contribution is 2.14. The molecule has 0 aromatic heterocycles. The molecule has 1 heterocycles. The molecule has 0 bridgehead atoms. The molecule has 1 amide bonds. The summed E-state index contributed by atoms with van der Waals surface area (Å²) in [6.07, 6.45) is 1.36. The van der Waals surface area contributed by atoms with Crippen LogP contribution in [0.25, 0.3) is 0 Å². The highest BCUT2D eigenvalue weighted by molar-refractivity contribution is 5.76. The molecule has 4 nitrogen and oxygen atoms in total. The van der Waals surface area contributed by atoms with Gasteiger partial charge < -0.3 is 14.5 Å². The third-order valence-corrected chi connectivity index (χ3v) is 3.93. The van der Waals surface area contributed by atoms with Gasteiger partial charge in [-0.1, -0.05) is 19.1 Å². The van der Waals surface area contributed by atoms with Crippen LogP contribution >= 0.6 is 0 Å². The Bertz CT molecular complexity index is 440. The summed E-state index contributed by atoms with van der Waals surface area (Å²) in [6.45, 7) is 6.98. The fourth-order valence-corrected chi connectivity index (χ4v) is 2.55. The molecule has 0 radical (unpaired) electrons. The predicted molar refractivity (Wildman–Crippen MR) is 80.0 cm³/mol. The largest absolute Gasteiger partial charge is 0.497 e. The van der Waals surface area contributed by atoms with Crippen LogP contribution in [0, 0.1) is 0 Å². The Kier molecular flexibility index (Phi) is 5.41. The van der Waals surface area contributed by atoms with Crippen LogP contribution in [-0.2, 0) is 11.2 Å². The predicted octanol–water partition coefficient (Wildman–Crippen LogP) is 1.79. The number of aryl methyl sites for hydroxylation is 1. The van der Waals surface area contributed by atoms with Crippen LogP contribution in [0.1, 0.15) is 18.9 Å². The lowest BCUT2D eigenvalue weighted by molar-refractivity contribution is -0.132. The van der Waals surface area contributed by atoms with E-state index < -0.39 is 0 Å². The first kappa shape index (κ1) is 14.9. The van der Waals surface area contributed by atoms with Gasteiger partial charge >= 0.3 is 0 Å². The molecule has 1 aliphatic rings. The molecule has 2 rings (SSSR count). The van der Waals surface area contributed by atoms with Gasteiger partial charge in [0.1, 0.15) is 5.75 Å². The molecule has 20 heavy (non-hydrogen) atoms. The molecular weight excluding hydrogens is 252 g/mol. The summed E-state index contributed by atoms with van der Waals surface area (Å²) in [5, 5.41) is 0. The third-order valence-electron chi connectivity index (χ3n) is 3.93. The zero-order chi connectivity index (χ0) is 14.4. The fraction of sp³-hybridized carbons (Fsp3) is 0.562. The molecule has 1 saturated heterocycles. The van der Waals surface area contributed by atoms with Gasteiger partial charge in [-0.25, -0.2) is 0 Å². The molecule has 0 N–H and O–H groups in total. The number of benzene rings is 1. The van der Waals surface area contributed by atoms with E-state index in [0.29, 0.717) is 6.42 Å². The summed E-state index contributed by atoms with van der Waals surface area (Å²) < 4.78 is 5.20. The number of methoxy groups -OCH3 is 1. The van der Waals surface area contributed by atoms with Crippen LogP contribution < -0.4 is 4.74 Å². The minimum atomic E-state index is 0.267. The van der Waals surface area contributed by atoms with Gasteiger partial charge in [-0.15, -0.1) is 0 Å². The molecule has 0 atom stereocenters. The first-order chi connectivity index (χ1) is 9.72. The van der Waals surface area contributed by atoms with Crippen molar-refractivity contribution in [2.24, 2.45) is 0 Å². The van der Waals surface area contributed by atoms with Gasteiger partial charge in [-0.05, 0) is 30.7 Å². The van der Waals surface area contributed by atoms with Crippen molar-refractivity contribution in [2.75, 3.05) is 39.8 Å². The number of hydrogen-bond donors (Lipinski definition) is 0. The maximum atomic E-state index is 12.2. The Hall–Kier alpha value is -1.55. The van der Waals surface area contributed by atoms with E-state index in [2.05, 4.69) is 11.8 Å². The molecule has 1 aromatic carbocycles. The molecule has 0 spiro atoms. The Morgan fingerprint density at radius 2 is 2.00 bits per heavy atom. The number of amides is 1. The summed E-state index contributed by atoms with van der Waals surface area (Å²) in [5.41, 5.74) is 1.16. The molecule has 0 aliphatic carbocycles. The summed E-state index contributed by atoms with van der Waals surface area (Å²) in [4.78, 5) is 16.6. The number of rotatable bonds is 5. The minimum absolute atomic E-state index is 0.267. The number of piperazine rings is 1. The highest BCUT2D eigenvalue weighted by atomic mass is 16.5. The van der Waals surface area contributed by atoms with Crippen molar-refractivity contribution < 1.29 is 9.53 Å². The number of carbonyl (C=O) groups excluding carboxylic acids is 1. The number of likely N-dealkylation sites (N-methyl/N-ethyl adjacent to an activating group) is 1. The standard InChI is InChI=1S/C16H24N2O2/c1-3-17-9-11-18(12-10-17)16(19)8-7-14-5-4-6-15(13-14)20-2/h4-6,13H,3,7-12H2,1-2H3. The smallest absolute Gasteiger partial charge is 0.222 e. The lowest BCUT2D eigenvalue weighted by Crippen LogP contribution is -2.48. The Balaban J connectivity index is 1.80. The average molecular weight is 276 g/mol. The SMILES string of the molecule is CCN1CCN(C(=O)CCc2cccc(OC)c2)CC1. The van der Waals surface area contributed by atoms with Gasteiger partial charge in [0.2, 0.25) is 5.91 Å². The molecule has 110 valence electrons. The first-order valence-corrected chi connectivity index (χ1v) is 7.36. The number of hydrogen-bond acceptors (Lipinski definition) is 3. The van der Waals surface area contributed by atoms with Crippen molar-refractivity contribution in [3.63, 3.8) is 0 Å². The van der Waals surface area contributed by atoms with Crippen molar-refractivity contribution in [2.45, 2.75) is 19.8 Å². The van der Waals surface area contributed by atoms with E-state index >= 15 is 0 Å². The normalized spacial score (nSPS) is 16.2. The monoisotopic (exact) mass is 276 g/mol. The van der Waals surface area contributed by atoms with E-state index in [1.54, 1.807) is 7.11 Å². The van der Waals surface area contributed by atoms with Crippen molar-refractivity contribution in [1.29, 1.82) is 0 Å². The zero-order valence-electron chi connectivity index (χ0n) is 12.5. The summed E-state index contributed by atoms with van der Waals surface area (Å²) in [5.74, 6) is 1.12. The van der Waals surface area contributed by atoms with Gasteiger partial charge in [0, 0.05) is 32.6 Å². The molecular formula is C16H24N2O2. The highest BCUT2D eigenvalue weighted by Gasteiger charge is 2.19. The van der Waals surface area contributed by atoms with Gasteiger partial charge in [0.05, 0.1) is 7.11 Å².